The van der Waals surface area contributed by atoms with Crippen molar-refractivity contribution >= 4 is 29.5 Å². The first-order valence-corrected chi connectivity index (χ1v) is 14.3. The summed E-state index contributed by atoms with van der Waals surface area (Å²) in [4.78, 5) is 39.6. The van der Waals surface area contributed by atoms with E-state index in [0.717, 1.165) is 47.1 Å². The minimum absolute atomic E-state index is 0.120. The molecule has 2 aliphatic carbocycles. The predicted octanol–water partition coefficient (Wildman–Crippen LogP) is 4.06. The molecule has 0 bridgehead atoms. The molecule has 0 spiro atoms. The van der Waals surface area contributed by atoms with Crippen LogP contribution in [0.4, 0.5) is 0 Å². The number of rotatable bonds is 10. The highest BCUT2D eigenvalue weighted by atomic mass is 32.2. The molecule has 6 nitrogen and oxygen atoms in total. The molecule has 7 heteroatoms. The highest BCUT2D eigenvalue weighted by molar-refractivity contribution is 7.98. The molecule has 2 heterocycles. The van der Waals surface area contributed by atoms with Crippen LogP contribution < -0.4 is 10.6 Å². The SMILES string of the molecule is O=C1CCC(N2Cc3c(SCc4ccc(CCNC(C5CC5)C5CC5)cc4)cccc3C2=O)C(=O)N1. The summed E-state index contributed by atoms with van der Waals surface area (Å²) in [6.07, 6.45) is 7.36. The maximum atomic E-state index is 13.0. The first kappa shape index (κ1) is 23.7. The fraction of sp³-hybridized carbons (Fsp3) is 0.483. The number of nitrogens with one attached hydrogen (secondary N) is 2. The summed E-state index contributed by atoms with van der Waals surface area (Å²) in [6, 6.07) is 14.9. The second-order valence-electron chi connectivity index (χ2n) is 10.7. The van der Waals surface area contributed by atoms with Gasteiger partial charge in [0.25, 0.3) is 5.91 Å². The van der Waals surface area contributed by atoms with Crippen molar-refractivity contribution in [3.05, 3.63) is 64.7 Å². The van der Waals surface area contributed by atoms with Gasteiger partial charge in [-0.25, -0.2) is 0 Å². The van der Waals surface area contributed by atoms with Gasteiger partial charge < -0.3 is 10.2 Å². The van der Waals surface area contributed by atoms with Crippen molar-refractivity contribution in [1.29, 1.82) is 0 Å². The maximum absolute atomic E-state index is 13.0. The summed E-state index contributed by atoms with van der Waals surface area (Å²) < 4.78 is 0. The van der Waals surface area contributed by atoms with Gasteiger partial charge in [-0.05, 0) is 85.7 Å². The third-order valence-electron chi connectivity index (χ3n) is 8.01. The number of carbonyl (C=O) groups excluding carboxylic acids is 3. The van der Waals surface area contributed by atoms with Gasteiger partial charge in [-0.15, -0.1) is 11.8 Å². The highest BCUT2D eigenvalue weighted by Gasteiger charge is 2.41. The standard InChI is InChI=1S/C29H33N3O3S/c33-26-13-12-24(28(34)31-26)32-16-23-22(29(32)35)2-1-3-25(23)36-17-19-6-4-18(5-7-19)14-15-30-27(20-8-9-20)21-10-11-21/h1-7,20-21,24,27,30H,8-17H2,(H,31,33,34). The molecule has 3 fully saturated rings. The van der Waals surface area contributed by atoms with E-state index in [0.29, 0.717) is 18.5 Å². The average molecular weight is 504 g/mol. The highest BCUT2D eigenvalue weighted by Crippen LogP contribution is 2.44. The molecule has 2 aliphatic heterocycles. The molecule has 1 unspecified atom stereocenters. The summed E-state index contributed by atoms with van der Waals surface area (Å²) in [6.45, 7) is 1.47. The molecule has 1 atom stereocenters. The second-order valence-corrected chi connectivity index (χ2v) is 11.7. The lowest BCUT2D eigenvalue weighted by Crippen LogP contribution is -2.52. The van der Waals surface area contributed by atoms with Crippen molar-refractivity contribution < 1.29 is 14.4 Å². The van der Waals surface area contributed by atoms with Crippen LogP contribution in [0.1, 0.15) is 65.6 Å². The maximum Gasteiger partial charge on any atom is 0.255 e. The molecule has 4 aliphatic rings. The number of amides is 3. The van der Waals surface area contributed by atoms with Crippen LogP contribution in [0.15, 0.2) is 47.4 Å². The Balaban J connectivity index is 1.04. The minimum Gasteiger partial charge on any atom is -0.322 e. The number of piperidine rings is 1. The average Bonchev–Trinajstić information content (AvgIpc) is 3.81. The van der Waals surface area contributed by atoms with Gasteiger partial charge in [0.2, 0.25) is 11.8 Å². The van der Waals surface area contributed by atoms with Gasteiger partial charge in [0.15, 0.2) is 0 Å². The van der Waals surface area contributed by atoms with Gasteiger partial charge in [-0.3, -0.25) is 19.7 Å². The van der Waals surface area contributed by atoms with Crippen LogP contribution in [-0.4, -0.2) is 41.2 Å². The van der Waals surface area contributed by atoms with Crippen molar-refractivity contribution in [3.8, 4) is 0 Å². The van der Waals surface area contributed by atoms with Gasteiger partial charge in [-0.2, -0.15) is 0 Å². The number of fused-ring (bicyclic) bond motifs is 1. The van der Waals surface area contributed by atoms with Crippen LogP contribution >= 0.6 is 11.8 Å². The lowest BCUT2D eigenvalue weighted by Gasteiger charge is -2.29. The molecule has 1 saturated heterocycles. The van der Waals surface area contributed by atoms with E-state index in [1.54, 1.807) is 16.7 Å². The number of hydrogen-bond acceptors (Lipinski definition) is 5. The van der Waals surface area contributed by atoms with E-state index in [2.05, 4.69) is 41.0 Å². The molecular formula is C29H33N3O3S. The Labute approximate surface area is 216 Å². The van der Waals surface area contributed by atoms with E-state index in [4.69, 9.17) is 0 Å². The number of nitrogens with zero attached hydrogens (tertiary/aromatic N) is 1. The largest absolute Gasteiger partial charge is 0.322 e. The Hall–Kier alpha value is -2.64. The molecular weight excluding hydrogens is 470 g/mol. The first-order valence-electron chi connectivity index (χ1n) is 13.3. The molecule has 2 saturated carbocycles. The van der Waals surface area contributed by atoms with Crippen molar-refractivity contribution in [2.24, 2.45) is 11.8 Å². The molecule has 0 aromatic heterocycles. The molecule has 2 aromatic carbocycles. The number of imide groups is 1. The van der Waals surface area contributed by atoms with Crippen molar-refractivity contribution in [2.45, 2.75) is 74.2 Å². The van der Waals surface area contributed by atoms with E-state index in [-0.39, 0.29) is 24.1 Å². The number of thioether (sulfide) groups is 1. The van der Waals surface area contributed by atoms with Crippen LogP contribution in [-0.2, 0) is 28.3 Å². The molecule has 36 heavy (non-hydrogen) atoms. The summed E-state index contributed by atoms with van der Waals surface area (Å²) in [7, 11) is 0. The molecule has 3 amide bonds. The normalized spacial score (nSPS) is 21.8. The summed E-state index contributed by atoms with van der Waals surface area (Å²) in [5.41, 5.74) is 4.28. The Morgan fingerprint density at radius 1 is 0.944 bits per heavy atom. The van der Waals surface area contributed by atoms with Gasteiger partial charge >= 0.3 is 0 Å². The van der Waals surface area contributed by atoms with Crippen molar-refractivity contribution in [2.75, 3.05) is 6.54 Å². The zero-order valence-electron chi connectivity index (χ0n) is 20.5. The number of benzene rings is 2. The van der Waals surface area contributed by atoms with E-state index in [1.807, 2.05) is 12.1 Å². The quantitative estimate of drug-likeness (QED) is 0.378. The van der Waals surface area contributed by atoms with Crippen LogP contribution in [0.5, 0.6) is 0 Å². The smallest absolute Gasteiger partial charge is 0.255 e. The first-order chi connectivity index (χ1) is 17.6. The summed E-state index contributed by atoms with van der Waals surface area (Å²) in [5, 5.41) is 6.21. The zero-order chi connectivity index (χ0) is 24.6. The fourth-order valence-electron chi connectivity index (χ4n) is 5.67. The van der Waals surface area contributed by atoms with Crippen LogP contribution in [0.25, 0.3) is 0 Å². The third kappa shape index (κ3) is 5.09. The third-order valence-corrected chi connectivity index (χ3v) is 9.18. The lowest BCUT2D eigenvalue weighted by atomic mass is 10.0. The Bertz CT molecular complexity index is 1160. The number of hydrogen-bond donors (Lipinski definition) is 2. The van der Waals surface area contributed by atoms with Crippen LogP contribution in [0, 0.1) is 11.8 Å². The molecule has 188 valence electrons. The Morgan fingerprint density at radius 2 is 1.67 bits per heavy atom. The van der Waals surface area contributed by atoms with Crippen molar-refractivity contribution in [1.82, 2.24) is 15.5 Å². The van der Waals surface area contributed by atoms with Gasteiger partial charge in [0, 0.05) is 35.2 Å². The topological polar surface area (TPSA) is 78.5 Å². The van der Waals surface area contributed by atoms with E-state index in [9.17, 15) is 14.4 Å². The molecule has 2 N–H and O–H groups in total. The van der Waals surface area contributed by atoms with Crippen molar-refractivity contribution in [3.63, 3.8) is 0 Å². The molecule has 2 aromatic rings. The van der Waals surface area contributed by atoms with Gasteiger partial charge in [0.05, 0.1) is 0 Å². The van der Waals surface area contributed by atoms with E-state index in [1.165, 1.54) is 36.8 Å². The Morgan fingerprint density at radius 3 is 2.36 bits per heavy atom. The molecule has 6 rings (SSSR count). The Kier molecular flexibility index (Phi) is 6.61. The van der Waals surface area contributed by atoms with Crippen LogP contribution in [0.2, 0.25) is 0 Å². The van der Waals surface area contributed by atoms with E-state index < -0.39 is 6.04 Å². The summed E-state index contributed by atoms with van der Waals surface area (Å²) >= 11 is 1.73. The minimum atomic E-state index is -0.577. The second kappa shape index (κ2) is 10.0. The number of carbonyl (C=O) groups is 3. The van der Waals surface area contributed by atoms with E-state index >= 15 is 0 Å². The summed E-state index contributed by atoms with van der Waals surface area (Å²) in [5.74, 6) is 1.94. The monoisotopic (exact) mass is 503 g/mol. The predicted molar refractivity (Wildman–Crippen MR) is 139 cm³/mol. The lowest BCUT2D eigenvalue weighted by molar-refractivity contribution is -0.136. The zero-order valence-corrected chi connectivity index (χ0v) is 21.3. The molecule has 0 radical (unpaired) electrons. The fourth-order valence-corrected chi connectivity index (χ4v) is 6.71. The van der Waals surface area contributed by atoms with Gasteiger partial charge in [-0.1, -0.05) is 30.3 Å². The van der Waals surface area contributed by atoms with Gasteiger partial charge in [0.1, 0.15) is 6.04 Å². The van der Waals surface area contributed by atoms with Crippen LogP contribution in [0.3, 0.4) is 0 Å².